The van der Waals surface area contributed by atoms with Crippen molar-refractivity contribution in [2.75, 3.05) is 4.90 Å². The highest BCUT2D eigenvalue weighted by Gasteiger charge is 2.55. The van der Waals surface area contributed by atoms with Gasteiger partial charge in [-0.05, 0) is 97.8 Å². The van der Waals surface area contributed by atoms with Crippen LogP contribution in [0.2, 0.25) is 0 Å². The van der Waals surface area contributed by atoms with Crippen LogP contribution in [0.4, 0.5) is 17.1 Å². The standard InChI is InChI=1S/C43H39NO/c1-41(2,3)28-18-22-37-36(25-28)34-20-17-29(42(4,5)6)26-38(34)43(37)39-27-32(19-21-33(39)35-23-24-45-40(35)43)44(30-13-9-7-10-14-30)31-15-11-8-12-16-31/h7-27H,1-6H3. The molecule has 2 aliphatic rings. The van der Waals surface area contributed by atoms with E-state index >= 15 is 0 Å². The van der Waals surface area contributed by atoms with Gasteiger partial charge in [-0.2, -0.15) is 0 Å². The molecule has 1 heterocycles. The van der Waals surface area contributed by atoms with Crippen LogP contribution in [0.5, 0.6) is 0 Å². The second kappa shape index (κ2) is 9.59. The lowest BCUT2D eigenvalue weighted by Gasteiger charge is -2.32. The minimum Gasteiger partial charge on any atom is -0.467 e. The SMILES string of the molecule is CC(C)(C)c1ccc2c(c1)-c1ccc(C(C)(C)C)cc1C21c2cc(N(c3ccccc3)c3ccccc3)ccc2-c2ccoc21. The van der Waals surface area contributed by atoms with Crippen LogP contribution in [0.15, 0.2) is 132 Å². The fraction of sp³-hybridized carbons (Fsp3) is 0.209. The van der Waals surface area contributed by atoms with Crippen LogP contribution in [0.3, 0.4) is 0 Å². The van der Waals surface area contributed by atoms with Crippen molar-refractivity contribution in [3.63, 3.8) is 0 Å². The zero-order valence-corrected chi connectivity index (χ0v) is 27.0. The number of rotatable bonds is 3. The van der Waals surface area contributed by atoms with E-state index in [0.717, 1.165) is 22.8 Å². The Morgan fingerprint density at radius 2 is 1.02 bits per heavy atom. The molecule has 222 valence electrons. The van der Waals surface area contributed by atoms with Gasteiger partial charge in [-0.3, -0.25) is 0 Å². The topological polar surface area (TPSA) is 16.4 Å². The highest BCUT2D eigenvalue weighted by Crippen LogP contribution is 2.64. The predicted molar refractivity (Wildman–Crippen MR) is 187 cm³/mol. The maximum absolute atomic E-state index is 6.59. The summed E-state index contributed by atoms with van der Waals surface area (Å²) in [4.78, 5) is 2.36. The Kier molecular flexibility index (Phi) is 5.90. The molecule has 1 unspecified atom stereocenters. The largest absolute Gasteiger partial charge is 0.467 e. The normalized spacial score (nSPS) is 16.3. The second-order valence-corrected chi connectivity index (χ2v) is 14.7. The molecule has 2 aliphatic carbocycles. The number of fused-ring (bicyclic) bond motifs is 10. The maximum atomic E-state index is 6.59. The summed E-state index contributed by atoms with van der Waals surface area (Å²) in [6.45, 7) is 13.8. The summed E-state index contributed by atoms with van der Waals surface area (Å²) in [5, 5.41) is 0. The van der Waals surface area contributed by atoms with Crippen molar-refractivity contribution < 1.29 is 4.42 Å². The van der Waals surface area contributed by atoms with Crippen LogP contribution in [0, 0.1) is 0 Å². The van der Waals surface area contributed by atoms with Crippen molar-refractivity contribution in [1.82, 2.24) is 0 Å². The number of benzene rings is 5. The molecule has 0 radical (unpaired) electrons. The molecular weight excluding hydrogens is 546 g/mol. The van der Waals surface area contributed by atoms with E-state index < -0.39 is 5.41 Å². The molecule has 0 saturated heterocycles. The molecule has 45 heavy (non-hydrogen) atoms. The number of hydrogen-bond acceptors (Lipinski definition) is 2. The predicted octanol–water partition coefficient (Wildman–Crippen LogP) is 11.7. The molecule has 5 aromatic carbocycles. The summed E-state index contributed by atoms with van der Waals surface area (Å²) in [7, 11) is 0. The number of anilines is 3. The minimum absolute atomic E-state index is 0.00819. The maximum Gasteiger partial charge on any atom is 0.131 e. The molecule has 2 heteroatoms. The van der Waals surface area contributed by atoms with Gasteiger partial charge in [0.2, 0.25) is 0 Å². The third kappa shape index (κ3) is 4.01. The number of hydrogen-bond donors (Lipinski definition) is 0. The van der Waals surface area contributed by atoms with E-state index in [-0.39, 0.29) is 10.8 Å². The average Bonchev–Trinajstić information content (AvgIpc) is 3.69. The van der Waals surface area contributed by atoms with Crippen molar-refractivity contribution in [2.24, 2.45) is 0 Å². The Morgan fingerprint density at radius 3 is 1.67 bits per heavy atom. The third-order valence-electron chi connectivity index (χ3n) is 9.86. The first-order chi connectivity index (χ1) is 21.6. The summed E-state index contributed by atoms with van der Waals surface area (Å²) < 4.78 is 6.59. The summed E-state index contributed by atoms with van der Waals surface area (Å²) >= 11 is 0. The third-order valence-corrected chi connectivity index (χ3v) is 9.86. The van der Waals surface area contributed by atoms with E-state index in [2.05, 4.69) is 168 Å². The molecule has 8 rings (SSSR count). The van der Waals surface area contributed by atoms with Crippen LogP contribution in [0.25, 0.3) is 22.3 Å². The summed E-state index contributed by atoms with van der Waals surface area (Å²) in [6.07, 6.45) is 1.87. The van der Waals surface area contributed by atoms with Gasteiger partial charge in [0.1, 0.15) is 11.2 Å². The van der Waals surface area contributed by atoms with Crippen molar-refractivity contribution in [3.8, 4) is 22.3 Å². The molecule has 2 nitrogen and oxygen atoms in total. The molecule has 0 N–H and O–H groups in total. The molecular formula is C43H39NO. The van der Waals surface area contributed by atoms with Crippen LogP contribution in [-0.2, 0) is 16.2 Å². The average molecular weight is 586 g/mol. The van der Waals surface area contributed by atoms with E-state index in [1.54, 1.807) is 0 Å². The second-order valence-electron chi connectivity index (χ2n) is 14.7. The molecule has 6 aromatic rings. The highest BCUT2D eigenvalue weighted by molar-refractivity contribution is 5.95. The van der Waals surface area contributed by atoms with E-state index in [4.69, 9.17) is 4.42 Å². The Morgan fingerprint density at radius 1 is 0.467 bits per heavy atom. The van der Waals surface area contributed by atoms with Gasteiger partial charge >= 0.3 is 0 Å². The van der Waals surface area contributed by atoms with Gasteiger partial charge < -0.3 is 9.32 Å². The van der Waals surface area contributed by atoms with Crippen LogP contribution in [-0.4, -0.2) is 0 Å². The molecule has 0 amide bonds. The van der Waals surface area contributed by atoms with Gasteiger partial charge in [0.25, 0.3) is 0 Å². The lowest BCUT2D eigenvalue weighted by atomic mass is 9.71. The molecule has 0 fully saturated rings. The smallest absolute Gasteiger partial charge is 0.131 e. The van der Waals surface area contributed by atoms with Crippen molar-refractivity contribution in [3.05, 3.63) is 161 Å². The quantitative estimate of drug-likeness (QED) is 0.205. The highest BCUT2D eigenvalue weighted by atomic mass is 16.3. The van der Waals surface area contributed by atoms with E-state index in [0.29, 0.717) is 0 Å². The van der Waals surface area contributed by atoms with Gasteiger partial charge in [-0.1, -0.05) is 120 Å². The number of furan rings is 1. The van der Waals surface area contributed by atoms with Crippen LogP contribution in [0.1, 0.15) is 75.1 Å². The van der Waals surface area contributed by atoms with Gasteiger partial charge in [-0.15, -0.1) is 0 Å². The summed E-state index contributed by atoms with van der Waals surface area (Å²) in [5.74, 6) is 1.02. The van der Waals surface area contributed by atoms with Gasteiger partial charge in [0.15, 0.2) is 0 Å². The fourth-order valence-electron chi connectivity index (χ4n) is 7.55. The van der Waals surface area contributed by atoms with Crippen LogP contribution < -0.4 is 4.90 Å². The molecule has 0 aliphatic heterocycles. The van der Waals surface area contributed by atoms with E-state index in [1.807, 2.05) is 6.26 Å². The fourth-order valence-corrected chi connectivity index (χ4v) is 7.55. The summed E-state index contributed by atoms with van der Waals surface area (Å²) in [6, 6.07) is 44.8. The first-order valence-corrected chi connectivity index (χ1v) is 16.0. The summed E-state index contributed by atoms with van der Waals surface area (Å²) in [5.41, 5.74) is 14.5. The first kappa shape index (κ1) is 27.7. The Balaban J connectivity index is 1.45. The Hall–Kier alpha value is -4.82. The first-order valence-electron chi connectivity index (χ1n) is 16.0. The monoisotopic (exact) mass is 585 g/mol. The molecule has 0 saturated carbocycles. The van der Waals surface area contributed by atoms with Crippen LogP contribution >= 0.6 is 0 Å². The zero-order valence-electron chi connectivity index (χ0n) is 27.0. The number of para-hydroxylation sites is 2. The van der Waals surface area contributed by atoms with Gasteiger partial charge in [0, 0.05) is 22.6 Å². The van der Waals surface area contributed by atoms with Gasteiger partial charge in [0.05, 0.1) is 6.26 Å². The lowest BCUT2D eigenvalue weighted by Crippen LogP contribution is -2.27. The molecule has 1 aromatic heterocycles. The number of nitrogens with zero attached hydrogens (tertiary/aromatic N) is 1. The van der Waals surface area contributed by atoms with Crippen molar-refractivity contribution in [2.45, 2.75) is 57.8 Å². The Labute approximate surface area is 267 Å². The molecule has 1 spiro atoms. The van der Waals surface area contributed by atoms with E-state index in [1.165, 1.54) is 50.1 Å². The van der Waals surface area contributed by atoms with Crippen molar-refractivity contribution in [1.29, 1.82) is 0 Å². The zero-order chi connectivity index (χ0) is 31.1. The minimum atomic E-state index is -0.550. The van der Waals surface area contributed by atoms with Crippen molar-refractivity contribution >= 4 is 17.1 Å². The Bertz CT molecular complexity index is 2030. The molecule has 1 atom stereocenters. The lowest BCUT2D eigenvalue weighted by molar-refractivity contribution is 0.473. The van der Waals surface area contributed by atoms with Gasteiger partial charge in [-0.25, -0.2) is 0 Å². The molecule has 0 bridgehead atoms. The van der Waals surface area contributed by atoms with E-state index in [9.17, 15) is 0 Å².